The molecular formula is C16H16FNO4S. The monoisotopic (exact) mass is 337 g/mol. The summed E-state index contributed by atoms with van der Waals surface area (Å²) in [6, 6.07) is 8.26. The molecule has 1 amide bonds. The molecule has 0 N–H and O–H groups in total. The summed E-state index contributed by atoms with van der Waals surface area (Å²) < 4.78 is 41.8. The van der Waals surface area contributed by atoms with Crippen LogP contribution in [0, 0.1) is 5.82 Å². The van der Waals surface area contributed by atoms with Crippen molar-refractivity contribution in [1.29, 1.82) is 0 Å². The summed E-state index contributed by atoms with van der Waals surface area (Å²) in [5.74, 6) is -0.167. The van der Waals surface area contributed by atoms with E-state index in [0.717, 1.165) is 0 Å². The highest BCUT2D eigenvalue weighted by Gasteiger charge is 2.35. The van der Waals surface area contributed by atoms with Gasteiger partial charge in [-0.15, -0.1) is 0 Å². The van der Waals surface area contributed by atoms with Gasteiger partial charge in [0.25, 0.3) is 5.91 Å². The zero-order valence-electron chi connectivity index (χ0n) is 12.3. The quantitative estimate of drug-likeness (QED) is 0.858. The van der Waals surface area contributed by atoms with E-state index < -0.39 is 21.7 Å². The Morgan fingerprint density at radius 2 is 2.00 bits per heavy atom. The van der Waals surface area contributed by atoms with Crippen molar-refractivity contribution >= 4 is 15.7 Å². The van der Waals surface area contributed by atoms with Crippen molar-refractivity contribution in [2.45, 2.75) is 19.0 Å². The standard InChI is InChI=1S/C16H16FNO4S/c17-13-5-3-12(4-6-13)16(19)18(10-15-2-1-8-22-15)14-7-9-23(20,21)11-14/h1-6,8,14H,7,9-11H2/t14-/m0/s1. The summed E-state index contributed by atoms with van der Waals surface area (Å²) in [7, 11) is -3.13. The molecular weight excluding hydrogens is 321 g/mol. The van der Waals surface area contributed by atoms with Gasteiger partial charge in [0.15, 0.2) is 9.84 Å². The Labute approximate surface area is 133 Å². The first kappa shape index (κ1) is 15.7. The number of benzene rings is 1. The minimum absolute atomic E-state index is 0.0549. The van der Waals surface area contributed by atoms with E-state index in [4.69, 9.17) is 4.42 Å². The molecule has 1 aromatic carbocycles. The molecule has 3 rings (SSSR count). The number of furan rings is 1. The van der Waals surface area contributed by atoms with Crippen molar-refractivity contribution in [1.82, 2.24) is 4.90 Å². The SMILES string of the molecule is O=C(c1ccc(F)cc1)N(Cc1ccco1)[C@H]1CCS(=O)(=O)C1. The number of rotatable bonds is 4. The lowest BCUT2D eigenvalue weighted by molar-refractivity contribution is 0.0666. The molecule has 2 aromatic rings. The van der Waals surface area contributed by atoms with E-state index in [-0.39, 0.29) is 24.0 Å². The van der Waals surface area contributed by atoms with Crippen LogP contribution in [0.15, 0.2) is 47.1 Å². The summed E-state index contributed by atoms with van der Waals surface area (Å²) in [4.78, 5) is 14.2. The van der Waals surface area contributed by atoms with Crippen LogP contribution in [0.25, 0.3) is 0 Å². The van der Waals surface area contributed by atoms with E-state index in [1.807, 2.05) is 0 Å². The molecule has 0 aliphatic carbocycles. The van der Waals surface area contributed by atoms with Crippen LogP contribution in [-0.4, -0.2) is 36.8 Å². The first-order valence-electron chi connectivity index (χ1n) is 7.24. The minimum Gasteiger partial charge on any atom is -0.467 e. The third-order valence-electron chi connectivity index (χ3n) is 3.91. The molecule has 7 heteroatoms. The molecule has 1 aliphatic rings. The predicted molar refractivity (Wildman–Crippen MR) is 82.0 cm³/mol. The van der Waals surface area contributed by atoms with Gasteiger partial charge in [0.2, 0.25) is 0 Å². The maximum absolute atomic E-state index is 13.0. The van der Waals surface area contributed by atoms with Gasteiger partial charge in [-0.1, -0.05) is 0 Å². The molecule has 1 atom stereocenters. The summed E-state index contributed by atoms with van der Waals surface area (Å²) >= 11 is 0. The fraction of sp³-hybridized carbons (Fsp3) is 0.312. The number of nitrogens with zero attached hydrogens (tertiary/aromatic N) is 1. The van der Waals surface area contributed by atoms with E-state index in [2.05, 4.69) is 0 Å². The van der Waals surface area contributed by atoms with Crippen LogP contribution in [0.1, 0.15) is 22.5 Å². The Morgan fingerprint density at radius 3 is 2.57 bits per heavy atom. The summed E-state index contributed by atoms with van der Waals surface area (Å²) in [6.07, 6.45) is 1.90. The third kappa shape index (κ3) is 3.61. The molecule has 1 fully saturated rings. The van der Waals surface area contributed by atoms with Crippen LogP contribution in [0.4, 0.5) is 4.39 Å². The highest BCUT2D eigenvalue weighted by molar-refractivity contribution is 7.91. The number of carbonyl (C=O) groups excluding carboxylic acids is 1. The highest BCUT2D eigenvalue weighted by Crippen LogP contribution is 2.22. The van der Waals surface area contributed by atoms with Crippen molar-refractivity contribution in [3.05, 3.63) is 59.8 Å². The number of sulfone groups is 1. The van der Waals surface area contributed by atoms with Gasteiger partial charge in [-0.25, -0.2) is 12.8 Å². The van der Waals surface area contributed by atoms with Crippen LogP contribution < -0.4 is 0 Å². The lowest BCUT2D eigenvalue weighted by Gasteiger charge is -2.27. The molecule has 122 valence electrons. The van der Waals surface area contributed by atoms with Crippen LogP contribution in [0.2, 0.25) is 0 Å². The molecule has 1 saturated heterocycles. The Bertz CT molecular complexity index is 784. The van der Waals surface area contributed by atoms with Crippen LogP contribution in [0.3, 0.4) is 0 Å². The number of halogens is 1. The molecule has 2 heterocycles. The highest BCUT2D eigenvalue weighted by atomic mass is 32.2. The van der Waals surface area contributed by atoms with E-state index in [1.165, 1.54) is 35.4 Å². The van der Waals surface area contributed by atoms with E-state index in [0.29, 0.717) is 17.7 Å². The molecule has 1 aliphatic heterocycles. The molecule has 1 aromatic heterocycles. The van der Waals surface area contributed by atoms with Crippen molar-refractivity contribution in [3.8, 4) is 0 Å². The fourth-order valence-corrected chi connectivity index (χ4v) is 4.45. The van der Waals surface area contributed by atoms with Crippen molar-refractivity contribution < 1.29 is 22.0 Å². The smallest absolute Gasteiger partial charge is 0.254 e. The van der Waals surface area contributed by atoms with E-state index in [9.17, 15) is 17.6 Å². The third-order valence-corrected chi connectivity index (χ3v) is 5.66. The van der Waals surface area contributed by atoms with Gasteiger partial charge in [0, 0.05) is 11.6 Å². The van der Waals surface area contributed by atoms with Gasteiger partial charge >= 0.3 is 0 Å². The molecule has 0 bridgehead atoms. The summed E-state index contributed by atoms with van der Waals surface area (Å²) in [5.41, 5.74) is 0.322. The molecule has 23 heavy (non-hydrogen) atoms. The van der Waals surface area contributed by atoms with Gasteiger partial charge in [-0.05, 0) is 42.8 Å². The largest absolute Gasteiger partial charge is 0.467 e. The second-order valence-electron chi connectivity index (χ2n) is 5.58. The van der Waals surface area contributed by atoms with Crippen LogP contribution in [0.5, 0.6) is 0 Å². The predicted octanol–water partition coefficient (Wildman–Crippen LogP) is 2.25. The zero-order valence-corrected chi connectivity index (χ0v) is 13.1. The van der Waals surface area contributed by atoms with Gasteiger partial charge < -0.3 is 9.32 Å². The molecule has 0 unspecified atom stereocenters. The van der Waals surface area contributed by atoms with Gasteiger partial charge in [-0.3, -0.25) is 4.79 Å². The van der Waals surface area contributed by atoms with Crippen molar-refractivity contribution in [3.63, 3.8) is 0 Å². The molecule has 0 spiro atoms. The van der Waals surface area contributed by atoms with Crippen LogP contribution in [-0.2, 0) is 16.4 Å². The average Bonchev–Trinajstić information content (AvgIpc) is 3.14. The Morgan fingerprint density at radius 1 is 1.26 bits per heavy atom. The number of amides is 1. The zero-order chi connectivity index (χ0) is 16.4. The summed E-state index contributed by atoms with van der Waals surface area (Å²) in [6.45, 7) is 0.184. The van der Waals surface area contributed by atoms with Crippen molar-refractivity contribution in [2.75, 3.05) is 11.5 Å². The molecule has 5 nitrogen and oxygen atoms in total. The van der Waals surface area contributed by atoms with Gasteiger partial charge in [0.1, 0.15) is 11.6 Å². The Kier molecular flexibility index (Phi) is 4.21. The maximum Gasteiger partial charge on any atom is 0.254 e. The van der Waals surface area contributed by atoms with Gasteiger partial charge in [-0.2, -0.15) is 0 Å². The lowest BCUT2D eigenvalue weighted by Crippen LogP contribution is -2.40. The Hall–Kier alpha value is -2.15. The lowest BCUT2D eigenvalue weighted by atomic mass is 10.1. The van der Waals surface area contributed by atoms with Gasteiger partial charge in [0.05, 0.1) is 24.3 Å². The average molecular weight is 337 g/mol. The first-order valence-corrected chi connectivity index (χ1v) is 9.06. The number of hydrogen-bond acceptors (Lipinski definition) is 4. The maximum atomic E-state index is 13.0. The topological polar surface area (TPSA) is 67.6 Å². The molecule has 0 saturated carbocycles. The normalized spacial score (nSPS) is 19.6. The van der Waals surface area contributed by atoms with Crippen molar-refractivity contribution in [2.24, 2.45) is 0 Å². The minimum atomic E-state index is -3.13. The van der Waals surface area contributed by atoms with Crippen LogP contribution >= 0.6 is 0 Å². The summed E-state index contributed by atoms with van der Waals surface area (Å²) in [5, 5.41) is 0. The second kappa shape index (κ2) is 6.16. The van der Waals surface area contributed by atoms with E-state index >= 15 is 0 Å². The second-order valence-corrected chi connectivity index (χ2v) is 7.80. The fourth-order valence-electron chi connectivity index (χ4n) is 2.72. The number of hydrogen-bond donors (Lipinski definition) is 0. The number of carbonyl (C=O) groups is 1. The first-order chi connectivity index (χ1) is 10.9. The molecule has 0 radical (unpaired) electrons. The Balaban J connectivity index is 1.88. The van der Waals surface area contributed by atoms with E-state index in [1.54, 1.807) is 12.1 Å².